The van der Waals surface area contributed by atoms with Crippen LogP contribution >= 0.6 is 0 Å². The van der Waals surface area contributed by atoms with Gasteiger partial charge in [0.1, 0.15) is 11.5 Å². The lowest BCUT2D eigenvalue weighted by molar-refractivity contribution is -0.144. The summed E-state index contributed by atoms with van der Waals surface area (Å²) in [5, 5.41) is 13.8. The van der Waals surface area contributed by atoms with Crippen molar-refractivity contribution in [2.75, 3.05) is 60.9 Å². The number of pyridine rings is 2. The number of ether oxygens (including phenoxy) is 1. The first-order valence-corrected chi connectivity index (χ1v) is 15.3. The van der Waals surface area contributed by atoms with Gasteiger partial charge in [-0.05, 0) is 66.4 Å². The van der Waals surface area contributed by atoms with Crippen molar-refractivity contribution in [2.45, 2.75) is 19.4 Å². The molecule has 6 rings (SSSR count). The van der Waals surface area contributed by atoms with Crippen LogP contribution in [0, 0.1) is 5.92 Å². The van der Waals surface area contributed by atoms with E-state index in [2.05, 4.69) is 21.3 Å². The minimum atomic E-state index is -0.288. The summed E-state index contributed by atoms with van der Waals surface area (Å²) in [6.07, 6.45) is 4.87. The number of fused-ring (bicyclic) bond motifs is 1. The number of nitrogens with one attached hydrogen (secondary N) is 1. The van der Waals surface area contributed by atoms with Crippen LogP contribution < -0.4 is 25.6 Å². The van der Waals surface area contributed by atoms with E-state index < -0.39 is 0 Å². The second-order valence-electron chi connectivity index (χ2n) is 11.9. The van der Waals surface area contributed by atoms with Gasteiger partial charge in [-0.15, -0.1) is 0 Å². The SMILES string of the molecule is COC(=O)C1CCN(c2ccc(Nc3cc(-c4cccc(N5CCc6cc(N(C)C)ccc6C5=O)c4CO)cn(C)c3=O)nc2)C1. The van der Waals surface area contributed by atoms with E-state index in [1.165, 1.54) is 11.7 Å². The van der Waals surface area contributed by atoms with Gasteiger partial charge in [0.05, 0.1) is 37.2 Å². The number of methoxy groups -OCH3 is 1. The lowest BCUT2D eigenvalue weighted by Gasteiger charge is -2.31. The standard InChI is InChI=1S/C35H38N6O5/c1-38(2)25-8-10-28-22(16-25)13-15-41(33(28)43)31-7-5-6-27(29(31)21-42)24-17-30(34(44)39(3)19-24)37-32-11-9-26(18-36-32)40-14-12-23(20-40)35(45)46-4/h5-11,16-19,23,42H,12-15,20-21H2,1-4H3,(H,36,37). The van der Waals surface area contributed by atoms with E-state index in [1.54, 1.807) is 36.5 Å². The summed E-state index contributed by atoms with van der Waals surface area (Å²) in [5.74, 6) is 0.0280. The number of anilines is 5. The number of aliphatic hydroxyl groups excluding tert-OH is 1. The van der Waals surface area contributed by atoms with Gasteiger partial charge in [0.2, 0.25) is 0 Å². The molecule has 1 unspecified atom stereocenters. The van der Waals surface area contributed by atoms with Gasteiger partial charge >= 0.3 is 5.97 Å². The zero-order valence-corrected chi connectivity index (χ0v) is 26.5. The maximum Gasteiger partial charge on any atom is 0.310 e. The van der Waals surface area contributed by atoms with Crippen molar-refractivity contribution in [1.29, 1.82) is 0 Å². The topological polar surface area (TPSA) is 120 Å². The molecule has 2 N–H and O–H groups in total. The highest BCUT2D eigenvalue weighted by molar-refractivity contribution is 6.09. The summed E-state index contributed by atoms with van der Waals surface area (Å²) in [5.41, 5.74) is 6.35. The van der Waals surface area contributed by atoms with Gasteiger partial charge in [-0.3, -0.25) is 14.4 Å². The van der Waals surface area contributed by atoms with Crippen LogP contribution in [0.25, 0.3) is 11.1 Å². The van der Waals surface area contributed by atoms with Crippen LogP contribution in [0.15, 0.2) is 71.8 Å². The van der Waals surface area contributed by atoms with Crippen molar-refractivity contribution >= 4 is 40.4 Å². The molecule has 2 aromatic heterocycles. The smallest absolute Gasteiger partial charge is 0.310 e. The summed E-state index contributed by atoms with van der Waals surface area (Å²) in [6, 6.07) is 16.9. The number of amides is 1. The minimum Gasteiger partial charge on any atom is -0.469 e. The molecular weight excluding hydrogens is 584 g/mol. The second kappa shape index (κ2) is 12.7. The molecule has 2 aliphatic rings. The molecule has 1 saturated heterocycles. The minimum absolute atomic E-state index is 0.106. The molecule has 11 heteroatoms. The van der Waals surface area contributed by atoms with Crippen LogP contribution in [-0.4, -0.2) is 67.4 Å². The number of aliphatic hydroxyl groups is 1. The Morgan fingerprint density at radius 2 is 1.91 bits per heavy atom. The Labute approximate surface area is 267 Å². The van der Waals surface area contributed by atoms with Gasteiger partial charge < -0.3 is 34.4 Å². The number of rotatable bonds is 8. The molecule has 1 fully saturated rings. The van der Waals surface area contributed by atoms with Gasteiger partial charge in [-0.1, -0.05) is 12.1 Å². The average molecular weight is 623 g/mol. The van der Waals surface area contributed by atoms with Crippen molar-refractivity contribution in [1.82, 2.24) is 9.55 Å². The van der Waals surface area contributed by atoms with E-state index in [0.717, 1.165) is 35.5 Å². The Morgan fingerprint density at radius 3 is 2.63 bits per heavy atom. The molecule has 0 bridgehead atoms. The lowest BCUT2D eigenvalue weighted by Crippen LogP contribution is -2.38. The third kappa shape index (κ3) is 5.81. The van der Waals surface area contributed by atoms with E-state index in [-0.39, 0.29) is 30.0 Å². The first-order chi connectivity index (χ1) is 22.2. The maximum atomic E-state index is 13.7. The fourth-order valence-corrected chi connectivity index (χ4v) is 6.33. The first kappa shape index (κ1) is 30.8. The van der Waals surface area contributed by atoms with Gasteiger partial charge in [0.25, 0.3) is 11.5 Å². The molecule has 2 aliphatic heterocycles. The summed E-state index contributed by atoms with van der Waals surface area (Å²) in [6.45, 7) is 1.50. The third-order valence-electron chi connectivity index (χ3n) is 8.88. The van der Waals surface area contributed by atoms with E-state index >= 15 is 0 Å². The quantitative estimate of drug-likeness (QED) is 0.282. The number of aryl methyl sites for hydroxylation is 1. The zero-order chi connectivity index (χ0) is 32.5. The lowest BCUT2D eigenvalue weighted by atomic mass is 9.94. The van der Waals surface area contributed by atoms with Crippen LogP contribution in [0.1, 0.15) is 27.9 Å². The molecule has 0 saturated carbocycles. The van der Waals surface area contributed by atoms with Crippen molar-refractivity contribution in [3.63, 3.8) is 0 Å². The molecule has 0 radical (unpaired) electrons. The number of hydrogen-bond acceptors (Lipinski definition) is 9. The number of carbonyl (C=O) groups is 2. The number of nitrogens with zero attached hydrogens (tertiary/aromatic N) is 5. The van der Waals surface area contributed by atoms with Crippen LogP contribution in [0.2, 0.25) is 0 Å². The van der Waals surface area contributed by atoms with Crippen molar-refractivity contribution in [2.24, 2.45) is 13.0 Å². The van der Waals surface area contributed by atoms with Crippen molar-refractivity contribution < 1.29 is 19.4 Å². The molecule has 11 nitrogen and oxygen atoms in total. The van der Waals surface area contributed by atoms with E-state index in [1.807, 2.05) is 55.4 Å². The van der Waals surface area contributed by atoms with Crippen molar-refractivity contribution in [3.05, 3.63) is 94.0 Å². The van der Waals surface area contributed by atoms with Gasteiger partial charge in [0.15, 0.2) is 0 Å². The average Bonchev–Trinajstić information content (AvgIpc) is 3.57. The molecule has 238 valence electrons. The Hall–Kier alpha value is -5.16. The highest BCUT2D eigenvalue weighted by Crippen LogP contribution is 2.35. The molecule has 2 aromatic carbocycles. The summed E-state index contributed by atoms with van der Waals surface area (Å²) < 4.78 is 6.38. The third-order valence-corrected chi connectivity index (χ3v) is 8.88. The maximum absolute atomic E-state index is 13.7. The van der Waals surface area contributed by atoms with Gasteiger partial charge in [-0.2, -0.15) is 0 Å². The molecule has 0 spiro atoms. The van der Waals surface area contributed by atoms with Crippen LogP contribution in [0.5, 0.6) is 0 Å². The summed E-state index contributed by atoms with van der Waals surface area (Å²) in [7, 11) is 7.03. The van der Waals surface area contributed by atoms with E-state index in [0.29, 0.717) is 53.4 Å². The molecular formula is C35H38N6O5. The summed E-state index contributed by atoms with van der Waals surface area (Å²) in [4.78, 5) is 49.1. The molecule has 0 aliphatic carbocycles. The Kier molecular flexibility index (Phi) is 8.50. The Bertz CT molecular complexity index is 1850. The van der Waals surface area contributed by atoms with Gasteiger partial charge in [0, 0.05) is 69.4 Å². The van der Waals surface area contributed by atoms with Gasteiger partial charge in [-0.25, -0.2) is 4.98 Å². The molecule has 4 heterocycles. The molecule has 1 amide bonds. The van der Waals surface area contributed by atoms with Crippen LogP contribution in [0.4, 0.5) is 28.6 Å². The zero-order valence-electron chi connectivity index (χ0n) is 26.5. The molecule has 46 heavy (non-hydrogen) atoms. The van der Waals surface area contributed by atoms with Crippen LogP contribution in [-0.2, 0) is 29.6 Å². The molecule has 4 aromatic rings. The number of carbonyl (C=O) groups excluding carboxylic acids is 2. The highest BCUT2D eigenvalue weighted by Gasteiger charge is 2.30. The largest absolute Gasteiger partial charge is 0.469 e. The predicted octanol–water partition coefficient (Wildman–Crippen LogP) is 3.95. The first-order valence-electron chi connectivity index (χ1n) is 15.3. The fraction of sp³-hybridized carbons (Fsp3) is 0.314. The Morgan fingerprint density at radius 1 is 1.09 bits per heavy atom. The number of benzene rings is 2. The van der Waals surface area contributed by atoms with E-state index in [4.69, 9.17) is 4.74 Å². The predicted molar refractivity (Wildman–Crippen MR) is 179 cm³/mol. The van der Waals surface area contributed by atoms with Crippen LogP contribution in [0.3, 0.4) is 0 Å². The number of esters is 1. The number of hydrogen-bond donors (Lipinski definition) is 2. The highest BCUT2D eigenvalue weighted by atomic mass is 16.5. The summed E-state index contributed by atoms with van der Waals surface area (Å²) >= 11 is 0. The normalized spacial score (nSPS) is 15.9. The number of aromatic nitrogens is 2. The Balaban J connectivity index is 1.27. The molecule has 1 atom stereocenters. The van der Waals surface area contributed by atoms with Crippen molar-refractivity contribution in [3.8, 4) is 11.1 Å². The fourth-order valence-electron chi connectivity index (χ4n) is 6.33. The monoisotopic (exact) mass is 622 g/mol. The van der Waals surface area contributed by atoms with E-state index in [9.17, 15) is 19.5 Å². The second-order valence-corrected chi connectivity index (χ2v) is 11.9.